The van der Waals surface area contributed by atoms with E-state index in [1.165, 1.54) is 4.90 Å². The Balaban J connectivity index is 1.67. The fourth-order valence-corrected chi connectivity index (χ4v) is 4.78. The van der Waals surface area contributed by atoms with Gasteiger partial charge in [-0.25, -0.2) is 13.1 Å². The second-order valence-electron chi connectivity index (χ2n) is 6.44. The number of carbonyl (C=O) groups excluding carboxylic acids is 1. The van der Waals surface area contributed by atoms with E-state index in [-0.39, 0.29) is 35.7 Å². The van der Waals surface area contributed by atoms with Crippen LogP contribution in [0.4, 0.5) is 0 Å². The van der Waals surface area contributed by atoms with Crippen LogP contribution in [0.1, 0.15) is 22.5 Å². The first-order valence-electron chi connectivity index (χ1n) is 8.72. The quantitative estimate of drug-likeness (QED) is 0.678. The maximum atomic E-state index is 12.8. The van der Waals surface area contributed by atoms with Crippen molar-refractivity contribution >= 4 is 21.8 Å². The lowest BCUT2D eigenvalue weighted by atomic mass is 10.2. The summed E-state index contributed by atoms with van der Waals surface area (Å²) < 4.78 is 25.1. The molecule has 1 amide bonds. The van der Waals surface area contributed by atoms with Gasteiger partial charge in [-0.2, -0.15) is 0 Å². The minimum absolute atomic E-state index is 0.0134. The van der Waals surface area contributed by atoms with Gasteiger partial charge in [0.2, 0.25) is 0 Å². The Kier molecular flexibility index (Phi) is 5.85. The molecule has 0 N–H and O–H groups in total. The maximum absolute atomic E-state index is 12.8. The van der Waals surface area contributed by atoms with E-state index < -0.39 is 9.84 Å². The van der Waals surface area contributed by atoms with Crippen LogP contribution in [0.3, 0.4) is 0 Å². The molecule has 7 nitrogen and oxygen atoms in total. The van der Waals surface area contributed by atoms with Crippen LogP contribution >= 0.6 is 0 Å². The molecule has 1 aromatic heterocycles. The summed E-state index contributed by atoms with van der Waals surface area (Å²) in [5.74, 6) is -0.230. The minimum atomic E-state index is -3.09. The lowest BCUT2D eigenvalue weighted by molar-refractivity contribution is 0.0714. The van der Waals surface area contributed by atoms with E-state index in [1.807, 2.05) is 42.5 Å². The first-order chi connectivity index (χ1) is 13.0. The molecule has 2 heterocycles. The maximum Gasteiger partial charge on any atom is 0.276 e. The number of aromatic nitrogens is 3. The molecule has 142 valence electrons. The summed E-state index contributed by atoms with van der Waals surface area (Å²) in [6.07, 6.45) is 7.52. The highest BCUT2D eigenvalue weighted by Gasteiger charge is 2.35. The second kappa shape index (κ2) is 8.30. The van der Waals surface area contributed by atoms with Gasteiger partial charge in [-0.05, 0) is 12.0 Å². The number of benzene rings is 1. The zero-order valence-corrected chi connectivity index (χ0v) is 15.8. The SMILES string of the molecule is C=CCN(C(=O)c1cn(CC=Cc2ccccc2)nn1)C1CCS(=O)(=O)C1. The number of nitrogens with zero attached hydrogens (tertiary/aromatic N) is 4. The molecule has 1 unspecified atom stereocenters. The highest BCUT2D eigenvalue weighted by molar-refractivity contribution is 7.91. The number of hydrogen-bond acceptors (Lipinski definition) is 5. The number of hydrogen-bond donors (Lipinski definition) is 0. The van der Waals surface area contributed by atoms with Crippen molar-refractivity contribution in [3.05, 3.63) is 66.5 Å². The third-order valence-electron chi connectivity index (χ3n) is 4.40. The van der Waals surface area contributed by atoms with Crippen LogP contribution in [0.2, 0.25) is 0 Å². The number of sulfone groups is 1. The summed E-state index contributed by atoms with van der Waals surface area (Å²) in [6, 6.07) is 9.53. The van der Waals surface area contributed by atoms with Gasteiger partial charge in [0.15, 0.2) is 15.5 Å². The number of allylic oxidation sites excluding steroid dienone is 1. The van der Waals surface area contributed by atoms with E-state index in [0.717, 1.165) is 5.56 Å². The first kappa shape index (κ1) is 19.0. The molecule has 8 heteroatoms. The molecular weight excluding hydrogens is 364 g/mol. The van der Waals surface area contributed by atoms with Gasteiger partial charge in [0, 0.05) is 12.6 Å². The van der Waals surface area contributed by atoms with Crippen molar-refractivity contribution in [1.82, 2.24) is 19.9 Å². The van der Waals surface area contributed by atoms with Crippen molar-refractivity contribution in [1.29, 1.82) is 0 Å². The Hall–Kier alpha value is -2.74. The first-order valence-corrected chi connectivity index (χ1v) is 10.5. The predicted octanol–water partition coefficient (Wildman–Crippen LogP) is 1.81. The van der Waals surface area contributed by atoms with Gasteiger partial charge in [-0.3, -0.25) is 4.79 Å². The van der Waals surface area contributed by atoms with Gasteiger partial charge in [0.25, 0.3) is 5.91 Å². The van der Waals surface area contributed by atoms with Crippen LogP contribution in [0.5, 0.6) is 0 Å². The van der Waals surface area contributed by atoms with E-state index in [0.29, 0.717) is 13.0 Å². The topological polar surface area (TPSA) is 85.2 Å². The molecule has 1 aliphatic rings. The highest BCUT2D eigenvalue weighted by atomic mass is 32.2. The molecule has 0 radical (unpaired) electrons. The fraction of sp³-hybridized carbons (Fsp3) is 0.316. The van der Waals surface area contributed by atoms with Crippen LogP contribution in [0.25, 0.3) is 6.08 Å². The van der Waals surface area contributed by atoms with Crippen LogP contribution in [0.15, 0.2) is 55.3 Å². The molecule has 0 saturated carbocycles. The summed E-state index contributed by atoms with van der Waals surface area (Å²) in [5.41, 5.74) is 1.28. The second-order valence-corrected chi connectivity index (χ2v) is 8.67. The van der Waals surface area contributed by atoms with Crippen LogP contribution in [-0.2, 0) is 16.4 Å². The molecule has 1 aromatic carbocycles. The summed E-state index contributed by atoms with van der Waals surface area (Å²) in [4.78, 5) is 14.3. The lowest BCUT2D eigenvalue weighted by Gasteiger charge is -2.25. The van der Waals surface area contributed by atoms with Crippen molar-refractivity contribution in [2.45, 2.75) is 19.0 Å². The Bertz CT molecular complexity index is 935. The molecule has 1 saturated heterocycles. The molecule has 1 aliphatic heterocycles. The van der Waals surface area contributed by atoms with Crippen molar-refractivity contribution < 1.29 is 13.2 Å². The van der Waals surface area contributed by atoms with E-state index in [1.54, 1.807) is 17.0 Å². The Morgan fingerprint density at radius 1 is 1.33 bits per heavy atom. The molecule has 27 heavy (non-hydrogen) atoms. The minimum Gasteiger partial charge on any atom is -0.329 e. The smallest absolute Gasteiger partial charge is 0.276 e. The van der Waals surface area contributed by atoms with Crippen molar-refractivity contribution in [3.63, 3.8) is 0 Å². The third-order valence-corrected chi connectivity index (χ3v) is 6.15. The summed E-state index contributed by atoms with van der Waals surface area (Å²) in [7, 11) is -3.09. The molecule has 2 aromatic rings. The predicted molar refractivity (Wildman–Crippen MR) is 104 cm³/mol. The van der Waals surface area contributed by atoms with Crippen LogP contribution in [0, 0.1) is 0 Å². The fourth-order valence-electron chi connectivity index (χ4n) is 3.05. The van der Waals surface area contributed by atoms with Gasteiger partial charge in [0.05, 0.1) is 24.2 Å². The monoisotopic (exact) mass is 386 g/mol. The van der Waals surface area contributed by atoms with E-state index in [4.69, 9.17) is 0 Å². The van der Waals surface area contributed by atoms with Crippen molar-refractivity contribution in [3.8, 4) is 0 Å². The number of amides is 1. The van der Waals surface area contributed by atoms with Gasteiger partial charge in [-0.1, -0.05) is 53.8 Å². The summed E-state index contributed by atoms with van der Waals surface area (Å²) in [6.45, 7) is 4.42. The number of carbonyl (C=O) groups is 1. The average molecular weight is 386 g/mol. The lowest BCUT2D eigenvalue weighted by Crippen LogP contribution is -2.41. The molecule has 1 fully saturated rings. The summed E-state index contributed by atoms with van der Waals surface area (Å²) >= 11 is 0. The molecule has 1 atom stereocenters. The molecule has 0 spiro atoms. The van der Waals surface area contributed by atoms with Gasteiger partial charge in [0.1, 0.15) is 0 Å². The summed E-state index contributed by atoms with van der Waals surface area (Å²) in [5, 5.41) is 7.95. The Labute approximate surface area is 158 Å². The standard InChI is InChI=1S/C19H22N4O3S/c1-2-11-23(17-10-13-27(25,26)15-17)19(24)18-14-22(21-20-18)12-6-9-16-7-4-3-5-8-16/h2-9,14,17H,1,10-13,15H2. The number of rotatable bonds is 7. The largest absolute Gasteiger partial charge is 0.329 e. The van der Waals surface area contributed by atoms with Crippen LogP contribution in [-0.4, -0.2) is 58.3 Å². The van der Waals surface area contributed by atoms with Crippen molar-refractivity contribution in [2.24, 2.45) is 0 Å². The normalized spacial score (nSPS) is 18.6. The van der Waals surface area contributed by atoms with Crippen LogP contribution < -0.4 is 0 Å². The van der Waals surface area contributed by atoms with Gasteiger partial charge >= 0.3 is 0 Å². The molecule has 3 rings (SSSR count). The molecular formula is C19H22N4O3S. The Morgan fingerprint density at radius 3 is 2.78 bits per heavy atom. The zero-order valence-electron chi connectivity index (χ0n) is 14.9. The third kappa shape index (κ3) is 4.91. The molecule has 0 bridgehead atoms. The van der Waals surface area contributed by atoms with Crippen molar-refractivity contribution in [2.75, 3.05) is 18.1 Å². The van der Waals surface area contributed by atoms with Gasteiger partial charge in [-0.15, -0.1) is 11.7 Å². The molecule has 0 aliphatic carbocycles. The average Bonchev–Trinajstić information content (AvgIpc) is 3.26. The van der Waals surface area contributed by atoms with E-state index >= 15 is 0 Å². The van der Waals surface area contributed by atoms with E-state index in [2.05, 4.69) is 16.9 Å². The van der Waals surface area contributed by atoms with E-state index in [9.17, 15) is 13.2 Å². The zero-order chi connectivity index (χ0) is 19.3. The van der Waals surface area contributed by atoms with Gasteiger partial charge < -0.3 is 4.90 Å². The highest BCUT2D eigenvalue weighted by Crippen LogP contribution is 2.19. The Morgan fingerprint density at radius 2 is 2.11 bits per heavy atom.